The number of nitrogens with two attached hydrogens (primary N) is 1. The van der Waals surface area contributed by atoms with Crippen LogP contribution in [0.3, 0.4) is 0 Å². The second-order valence-electron chi connectivity index (χ2n) is 3.99. The molecule has 2 heterocycles. The molecule has 88 valence electrons. The highest BCUT2D eigenvalue weighted by Crippen LogP contribution is 2.15. The highest BCUT2D eigenvalue weighted by atomic mass is 16.6. The minimum Gasteiger partial charge on any atom is -0.458 e. The molecule has 0 atom stereocenters. The van der Waals surface area contributed by atoms with Gasteiger partial charge in [0.05, 0.1) is 18.9 Å². The molecule has 5 heteroatoms. The number of carbonyl (C=O) groups excluding carboxylic acids is 1. The first kappa shape index (κ1) is 11.0. The number of hydrogen-bond donors (Lipinski definition) is 1. The van der Waals surface area contributed by atoms with Crippen molar-refractivity contribution < 1.29 is 14.3 Å². The Labute approximate surface area is 94.1 Å². The molecule has 0 unspecified atom stereocenters. The van der Waals surface area contributed by atoms with E-state index in [0.29, 0.717) is 24.6 Å². The van der Waals surface area contributed by atoms with Gasteiger partial charge in [-0.15, -0.1) is 0 Å². The van der Waals surface area contributed by atoms with Gasteiger partial charge in [-0.25, -0.2) is 4.79 Å². The maximum Gasteiger partial charge on any atom is 0.355 e. The molecule has 1 saturated heterocycles. The molecule has 16 heavy (non-hydrogen) atoms. The van der Waals surface area contributed by atoms with E-state index >= 15 is 0 Å². The zero-order valence-corrected chi connectivity index (χ0v) is 9.31. The number of rotatable bonds is 2. The Kier molecular flexibility index (Phi) is 3.14. The predicted octanol–water partition coefficient (Wildman–Crippen LogP) is 0.943. The van der Waals surface area contributed by atoms with Crippen molar-refractivity contribution in [3.63, 3.8) is 0 Å². The average Bonchev–Trinajstić information content (AvgIpc) is 2.59. The molecule has 2 rings (SSSR count). The SMILES string of the molecule is Cn1cc(N)cc1C(=O)OC1CCOCC1. The summed E-state index contributed by atoms with van der Waals surface area (Å²) in [4.78, 5) is 11.8. The highest BCUT2D eigenvalue weighted by molar-refractivity contribution is 5.89. The van der Waals surface area contributed by atoms with E-state index in [2.05, 4.69) is 0 Å². The van der Waals surface area contributed by atoms with Crippen LogP contribution >= 0.6 is 0 Å². The van der Waals surface area contributed by atoms with E-state index in [-0.39, 0.29) is 12.1 Å². The number of carbonyl (C=O) groups is 1. The smallest absolute Gasteiger partial charge is 0.355 e. The van der Waals surface area contributed by atoms with Crippen molar-refractivity contribution in [2.75, 3.05) is 18.9 Å². The van der Waals surface area contributed by atoms with Gasteiger partial charge in [0, 0.05) is 26.1 Å². The zero-order valence-electron chi connectivity index (χ0n) is 9.31. The number of ether oxygens (including phenoxy) is 2. The zero-order chi connectivity index (χ0) is 11.5. The summed E-state index contributed by atoms with van der Waals surface area (Å²) >= 11 is 0. The first-order valence-corrected chi connectivity index (χ1v) is 5.37. The number of aryl methyl sites for hydroxylation is 1. The summed E-state index contributed by atoms with van der Waals surface area (Å²) in [7, 11) is 1.77. The summed E-state index contributed by atoms with van der Waals surface area (Å²) < 4.78 is 12.3. The van der Waals surface area contributed by atoms with Gasteiger partial charge in [0.1, 0.15) is 11.8 Å². The minimum absolute atomic E-state index is 0.0302. The Morgan fingerprint density at radius 1 is 1.56 bits per heavy atom. The lowest BCUT2D eigenvalue weighted by Crippen LogP contribution is -2.26. The monoisotopic (exact) mass is 224 g/mol. The molecule has 0 aromatic carbocycles. The van der Waals surface area contributed by atoms with Crippen LogP contribution in [-0.4, -0.2) is 29.9 Å². The second-order valence-corrected chi connectivity index (χ2v) is 3.99. The minimum atomic E-state index is -0.314. The normalized spacial score (nSPS) is 17.3. The quantitative estimate of drug-likeness (QED) is 0.759. The number of nitrogens with zero attached hydrogens (tertiary/aromatic N) is 1. The van der Waals surface area contributed by atoms with E-state index in [4.69, 9.17) is 15.2 Å². The van der Waals surface area contributed by atoms with Crippen molar-refractivity contribution in [2.24, 2.45) is 7.05 Å². The van der Waals surface area contributed by atoms with Gasteiger partial charge >= 0.3 is 5.97 Å². The lowest BCUT2D eigenvalue weighted by Gasteiger charge is -2.22. The molecule has 1 aliphatic rings. The van der Waals surface area contributed by atoms with Crippen molar-refractivity contribution in [1.29, 1.82) is 0 Å². The van der Waals surface area contributed by atoms with Crippen molar-refractivity contribution >= 4 is 11.7 Å². The molecule has 1 aromatic heterocycles. The fraction of sp³-hybridized carbons (Fsp3) is 0.545. The Hall–Kier alpha value is -1.49. The molecular formula is C11H16N2O3. The van der Waals surface area contributed by atoms with Crippen LogP contribution in [0.4, 0.5) is 5.69 Å². The summed E-state index contributed by atoms with van der Waals surface area (Å²) in [6.07, 6.45) is 3.20. The number of aromatic nitrogens is 1. The number of nitrogen functional groups attached to an aromatic ring is 1. The van der Waals surface area contributed by atoms with Gasteiger partial charge in [-0.05, 0) is 6.07 Å². The van der Waals surface area contributed by atoms with E-state index in [1.165, 1.54) is 0 Å². The van der Waals surface area contributed by atoms with Gasteiger partial charge in [-0.1, -0.05) is 0 Å². The molecule has 0 spiro atoms. The molecule has 0 radical (unpaired) electrons. The van der Waals surface area contributed by atoms with Gasteiger partial charge in [0.25, 0.3) is 0 Å². The van der Waals surface area contributed by atoms with Crippen LogP contribution < -0.4 is 5.73 Å². The van der Waals surface area contributed by atoms with Crippen molar-refractivity contribution in [2.45, 2.75) is 18.9 Å². The number of hydrogen-bond acceptors (Lipinski definition) is 4. The molecule has 0 aliphatic carbocycles. The third-order valence-corrected chi connectivity index (χ3v) is 2.68. The third kappa shape index (κ3) is 2.36. The maximum atomic E-state index is 11.8. The average molecular weight is 224 g/mol. The molecule has 1 fully saturated rings. The summed E-state index contributed by atoms with van der Waals surface area (Å²) in [6, 6.07) is 1.63. The fourth-order valence-corrected chi connectivity index (χ4v) is 1.80. The lowest BCUT2D eigenvalue weighted by molar-refractivity contribution is -0.0165. The van der Waals surface area contributed by atoms with Crippen molar-refractivity contribution in [3.8, 4) is 0 Å². The van der Waals surface area contributed by atoms with Crippen LogP contribution in [0.15, 0.2) is 12.3 Å². The van der Waals surface area contributed by atoms with Crippen LogP contribution in [0.2, 0.25) is 0 Å². The van der Waals surface area contributed by atoms with Crippen LogP contribution in [-0.2, 0) is 16.5 Å². The maximum absolute atomic E-state index is 11.8. The Bertz CT molecular complexity index is 381. The summed E-state index contributed by atoms with van der Waals surface area (Å²) in [5, 5.41) is 0. The molecule has 1 aromatic rings. The predicted molar refractivity (Wildman–Crippen MR) is 59.1 cm³/mol. The van der Waals surface area contributed by atoms with E-state index < -0.39 is 0 Å². The molecule has 0 bridgehead atoms. The Morgan fingerprint density at radius 2 is 2.25 bits per heavy atom. The summed E-state index contributed by atoms with van der Waals surface area (Å²) in [6.45, 7) is 1.32. The highest BCUT2D eigenvalue weighted by Gasteiger charge is 2.20. The first-order chi connectivity index (χ1) is 7.66. The summed E-state index contributed by atoms with van der Waals surface area (Å²) in [5.41, 5.74) is 6.66. The van der Waals surface area contributed by atoms with E-state index in [9.17, 15) is 4.79 Å². The molecule has 5 nitrogen and oxygen atoms in total. The van der Waals surface area contributed by atoms with Crippen LogP contribution in [0.1, 0.15) is 23.3 Å². The van der Waals surface area contributed by atoms with Crippen LogP contribution in [0.5, 0.6) is 0 Å². The Balaban J connectivity index is 1.99. The third-order valence-electron chi connectivity index (χ3n) is 2.68. The second kappa shape index (κ2) is 4.57. The topological polar surface area (TPSA) is 66.5 Å². The standard InChI is InChI=1S/C11H16N2O3/c1-13-7-8(12)6-10(13)11(14)16-9-2-4-15-5-3-9/h6-7,9H,2-5,12H2,1H3. The largest absolute Gasteiger partial charge is 0.458 e. The van der Waals surface area contributed by atoms with Crippen molar-refractivity contribution in [3.05, 3.63) is 18.0 Å². The summed E-state index contributed by atoms with van der Waals surface area (Å²) in [5.74, 6) is -0.314. The number of esters is 1. The molecule has 0 amide bonds. The van der Waals surface area contributed by atoms with Gasteiger partial charge in [-0.3, -0.25) is 0 Å². The molecule has 2 N–H and O–H groups in total. The molecule has 1 aliphatic heterocycles. The van der Waals surface area contributed by atoms with Crippen LogP contribution in [0, 0.1) is 0 Å². The van der Waals surface area contributed by atoms with Gasteiger partial charge < -0.3 is 19.8 Å². The first-order valence-electron chi connectivity index (χ1n) is 5.37. The fourth-order valence-electron chi connectivity index (χ4n) is 1.80. The van der Waals surface area contributed by atoms with E-state index in [0.717, 1.165) is 12.8 Å². The molecule has 0 saturated carbocycles. The van der Waals surface area contributed by atoms with Crippen LogP contribution in [0.25, 0.3) is 0 Å². The van der Waals surface area contributed by atoms with E-state index in [1.54, 1.807) is 23.9 Å². The van der Waals surface area contributed by atoms with E-state index in [1.807, 2.05) is 0 Å². The van der Waals surface area contributed by atoms with Gasteiger partial charge in [0.15, 0.2) is 0 Å². The lowest BCUT2D eigenvalue weighted by atomic mass is 10.1. The van der Waals surface area contributed by atoms with Gasteiger partial charge in [-0.2, -0.15) is 0 Å². The Morgan fingerprint density at radius 3 is 2.81 bits per heavy atom. The number of anilines is 1. The molecular weight excluding hydrogens is 208 g/mol. The van der Waals surface area contributed by atoms with Crippen molar-refractivity contribution in [1.82, 2.24) is 4.57 Å². The van der Waals surface area contributed by atoms with Gasteiger partial charge in [0.2, 0.25) is 0 Å².